The zero-order valence-electron chi connectivity index (χ0n) is 9.16. The normalized spacial score (nSPS) is 15.1. The van der Waals surface area contributed by atoms with Crippen molar-refractivity contribution < 1.29 is 9.21 Å². The zero-order valence-corrected chi connectivity index (χ0v) is 9.16. The zero-order chi connectivity index (χ0) is 11.8. The number of carbonyl (C=O) groups is 1. The highest BCUT2D eigenvalue weighted by Crippen LogP contribution is 2.19. The number of oxazole rings is 1. The van der Waals surface area contributed by atoms with E-state index in [0.29, 0.717) is 23.6 Å². The molecule has 0 atom stereocenters. The van der Waals surface area contributed by atoms with Crippen LogP contribution >= 0.6 is 0 Å². The predicted octanol–water partition coefficient (Wildman–Crippen LogP) is 0.942. The number of rotatable bonds is 3. The number of fused-ring (bicyclic) bond motifs is 1. The summed E-state index contributed by atoms with van der Waals surface area (Å²) in [6, 6.07) is 5.64. The van der Waals surface area contributed by atoms with Gasteiger partial charge in [0.1, 0.15) is 0 Å². The Labute approximate surface area is 96.8 Å². The lowest BCUT2D eigenvalue weighted by Gasteiger charge is -2.02. The molecule has 1 aliphatic rings. The summed E-state index contributed by atoms with van der Waals surface area (Å²) in [5, 5.41) is 2.92. The molecule has 1 aliphatic carbocycles. The highest BCUT2D eigenvalue weighted by Gasteiger charge is 2.23. The van der Waals surface area contributed by atoms with Gasteiger partial charge in [0, 0.05) is 6.04 Å². The molecule has 0 saturated heterocycles. The molecule has 1 aromatic heterocycles. The molecule has 3 rings (SSSR count). The van der Waals surface area contributed by atoms with Crippen molar-refractivity contribution in [2.45, 2.75) is 25.3 Å². The van der Waals surface area contributed by atoms with Crippen molar-refractivity contribution in [3.63, 3.8) is 0 Å². The Balaban J connectivity index is 1.79. The number of nitrogens with one attached hydrogen (secondary N) is 2. The van der Waals surface area contributed by atoms with Crippen LogP contribution < -0.4 is 11.1 Å². The summed E-state index contributed by atoms with van der Waals surface area (Å²) in [5.74, 6) is -0.447. The lowest BCUT2D eigenvalue weighted by atomic mass is 10.1. The molecule has 0 aliphatic heterocycles. The molecule has 1 saturated carbocycles. The van der Waals surface area contributed by atoms with E-state index < -0.39 is 5.76 Å². The second-order valence-corrected chi connectivity index (χ2v) is 4.36. The third-order valence-electron chi connectivity index (χ3n) is 2.79. The van der Waals surface area contributed by atoms with Gasteiger partial charge in [-0.05, 0) is 30.5 Å². The van der Waals surface area contributed by atoms with Crippen LogP contribution in [0.15, 0.2) is 27.4 Å². The van der Waals surface area contributed by atoms with Gasteiger partial charge in [0.15, 0.2) is 5.58 Å². The Morgan fingerprint density at radius 3 is 3.06 bits per heavy atom. The number of hydrogen-bond acceptors (Lipinski definition) is 3. The van der Waals surface area contributed by atoms with Gasteiger partial charge in [0.05, 0.1) is 11.9 Å². The topological polar surface area (TPSA) is 75.1 Å². The smallest absolute Gasteiger partial charge is 0.408 e. The number of hydrogen-bond donors (Lipinski definition) is 2. The first-order valence-electron chi connectivity index (χ1n) is 5.62. The second kappa shape index (κ2) is 3.76. The molecule has 17 heavy (non-hydrogen) atoms. The van der Waals surface area contributed by atoms with Crippen LogP contribution in [0.25, 0.3) is 11.1 Å². The van der Waals surface area contributed by atoms with Crippen LogP contribution in [-0.2, 0) is 11.2 Å². The van der Waals surface area contributed by atoms with Gasteiger partial charge in [0.2, 0.25) is 5.91 Å². The number of amides is 1. The van der Waals surface area contributed by atoms with Crippen molar-refractivity contribution in [2.24, 2.45) is 0 Å². The fraction of sp³-hybridized carbons (Fsp3) is 0.333. The predicted molar refractivity (Wildman–Crippen MR) is 61.7 cm³/mol. The lowest BCUT2D eigenvalue weighted by molar-refractivity contribution is -0.120. The molecule has 1 heterocycles. The Morgan fingerprint density at radius 2 is 2.29 bits per heavy atom. The molecule has 1 fully saturated rings. The number of aromatic amines is 1. The molecule has 1 amide bonds. The number of H-pyrrole nitrogens is 1. The minimum atomic E-state index is -0.473. The summed E-state index contributed by atoms with van der Waals surface area (Å²) < 4.78 is 4.89. The quantitative estimate of drug-likeness (QED) is 0.827. The van der Waals surface area contributed by atoms with E-state index in [-0.39, 0.29) is 5.91 Å². The van der Waals surface area contributed by atoms with E-state index in [1.165, 1.54) is 0 Å². The second-order valence-electron chi connectivity index (χ2n) is 4.36. The molecule has 2 aromatic rings. The SMILES string of the molecule is O=C(Cc1ccc2oc(=O)[nH]c2c1)NC1CC1. The van der Waals surface area contributed by atoms with Gasteiger partial charge in [-0.15, -0.1) is 0 Å². The van der Waals surface area contributed by atoms with Crippen molar-refractivity contribution in [1.82, 2.24) is 10.3 Å². The number of aromatic nitrogens is 1. The van der Waals surface area contributed by atoms with Gasteiger partial charge in [-0.2, -0.15) is 0 Å². The van der Waals surface area contributed by atoms with Gasteiger partial charge in [0.25, 0.3) is 0 Å². The van der Waals surface area contributed by atoms with Crippen LogP contribution in [0, 0.1) is 0 Å². The van der Waals surface area contributed by atoms with E-state index in [0.717, 1.165) is 18.4 Å². The molecule has 0 radical (unpaired) electrons. The van der Waals surface area contributed by atoms with Gasteiger partial charge in [-0.25, -0.2) is 4.79 Å². The van der Waals surface area contributed by atoms with Gasteiger partial charge < -0.3 is 9.73 Å². The summed E-state index contributed by atoms with van der Waals surface area (Å²) in [5.41, 5.74) is 2.01. The average molecular weight is 232 g/mol. The van der Waals surface area contributed by atoms with Crippen molar-refractivity contribution >= 4 is 17.0 Å². The summed E-state index contributed by atoms with van der Waals surface area (Å²) in [6.45, 7) is 0. The maximum Gasteiger partial charge on any atom is 0.417 e. The molecule has 5 nitrogen and oxygen atoms in total. The summed E-state index contributed by atoms with van der Waals surface area (Å²) >= 11 is 0. The Bertz CT molecular complexity index is 622. The molecule has 5 heteroatoms. The Morgan fingerprint density at radius 1 is 1.47 bits per heavy atom. The van der Waals surface area contributed by atoms with Crippen molar-refractivity contribution in [2.75, 3.05) is 0 Å². The van der Waals surface area contributed by atoms with E-state index in [9.17, 15) is 9.59 Å². The molecule has 0 unspecified atom stereocenters. The molecular formula is C12H12N2O3. The number of carbonyl (C=O) groups excluding carboxylic acids is 1. The average Bonchev–Trinajstić information content (AvgIpc) is 2.98. The van der Waals surface area contributed by atoms with Crippen LogP contribution in [0.5, 0.6) is 0 Å². The largest absolute Gasteiger partial charge is 0.417 e. The van der Waals surface area contributed by atoms with Gasteiger partial charge in [-0.1, -0.05) is 6.07 Å². The van der Waals surface area contributed by atoms with Crippen LogP contribution in [0.4, 0.5) is 0 Å². The molecule has 1 aromatic carbocycles. The third kappa shape index (κ3) is 2.22. The Hall–Kier alpha value is -2.04. The molecule has 0 bridgehead atoms. The molecular weight excluding hydrogens is 220 g/mol. The highest BCUT2D eigenvalue weighted by molar-refractivity contribution is 5.81. The van der Waals surface area contributed by atoms with E-state index in [1.807, 2.05) is 0 Å². The minimum Gasteiger partial charge on any atom is -0.408 e. The van der Waals surface area contributed by atoms with Crippen LogP contribution in [-0.4, -0.2) is 16.9 Å². The van der Waals surface area contributed by atoms with Crippen LogP contribution in [0.2, 0.25) is 0 Å². The first-order chi connectivity index (χ1) is 8.20. The standard InChI is InChI=1S/C12H12N2O3/c15-11(13-8-2-3-8)6-7-1-4-10-9(5-7)14-12(16)17-10/h1,4-5,8H,2-3,6H2,(H,13,15)(H,14,16). The van der Waals surface area contributed by atoms with Crippen LogP contribution in [0.3, 0.4) is 0 Å². The number of benzene rings is 1. The third-order valence-corrected chi connectivity index (χ3v) is 2.79. The molecule has 0 spiro atoms. The van der Waals surface area contributed by atoms with Crippen molar-refractivity contribution in [1.29, 1.82) is 0 Å². The Kier molecular flexibility index (Phi) is 2.24. The van der Waals surface area contributed by atoms with Crippen molar-refractivity contribution in [3.05, 3.63) is 34.3 Å². The van der Waals surface area contributed by atoms with Gasteiger partial charge in [-0.3, -0.25) is 9.78 Å². The highest BCUT2D eigenvalue weighted by atomic mass is 16.4. The lowest BCUT2D eigenvalue weighted by Crippen LogP contribution is -2.26. The maximum absolute atomic E-state index is 11.6. The first kappa shape index (κ1) is 10.1. The molecule has 88 valence electrons. The fourth-order valence-electron chi connectivity index (χ4n) is 1.80. The van der Waals surface area contributed by atoms with Gasteiger partial charge >= 0.3 is 5.76 Å². The van der Waals surface area contributed by atoms with E-state index in [4.69, 9.17) is 4.42 Å². The summed E-state index contributed by atoms with van der Waals surface area (Å²) in [4.78, 5) is 25.1. The molecule has 2 N–H and O–H groups in total. The first-order valence-corrected chi connectivity index (χ1v) is 5.62. The maximum atomic E-state index is 11.6. The van der Waals surface area contributed by atoms with E-state index in [1.54, 1.807) is 18.2 Å². The van der Waals surface area contributed by atoms with Crippen LogP contribution in [0.1, 0.15) is 18.4 Å². The van der Waals surface area contributed by atoms with E-state index in [2.05, 4.69) is 10.3 Å². The fourth-order valence-corrected chi connectivity index (χ4v) is 1.80. The van der Waals surface area contributed by atoms with E-state index >= 15 is 0 Å². The van der Waals surface area contributed by atoms with Crippen molar-refractivity contribution in [3.8, 4) is 0 Å². The summed E-state index contributed by atoms with van der Waals surface area (Å²) in [7, 11) is 0. The summed E-state index contributed by atoms with van der Waals surface area (Å²) in [6.07, 6.45) is 2.50. The minimum absolute atomic E-state index is 0.0256. The monoisotopic (exact) mass is 232 g/mol.